The molecule has 0 N–H and O–H groups in total. The van der Waals surface area contributed by atoms with Crippen LogP contribution in [-0.2, 0) is 6.42 Å². The smallest absolute Gasteiger partial charge is 0.0350 e. The van der Waals surface area contributed by atoms with Gasteiger partial charge in [0.1, 0.15) is 0 Å². The van der Waals surface area contributed by atoms with Crippen LogP contribution in [0.5, 0.6) is 0 Å². The van der Waals surface area contributed by atoms with Crippen molar-refractivity contribution >= 4 is 0 Å². The summed E-state index contributed by atoms with van der Waals surface area (Å²) in [4.78, 5) is 5.13. The van der Waals surface area contributed by atoms with Crippen molar-refractivity contribution in [3.8, 4) is 0 Å². The fourth-order valence-electron chi connectivity index (χ4n) is 3.81. The van der Waals surface area contributed by atoms with Gasteiger partial charge < -0.3 is 4.90 Å². The molecule has 0 spiro atoms. The first-order chi connectivity index (χ1) is 9.25. The van der Waals surface area contributed by atoms with Gasteiger partial charge in [0.15, 0.2) is 0 Å². The lowest BCUT2D eigenvalue weighted by Gasteiger charge is -2.41. The molecule has 3 rings (SSSR count). The van der Waals surface area contributed by atoms with Crippen LogP contribution in [0.15, 0.2) is 24.3 Å². The molecule has 2 nitrogen and oxygen atoms in total. The summed E-state index contributed by atoms with van der Waals surface area (Å²) < 4.78 is 0. The Morgan fingerprint density at radius 2 is 1.84 bits per heavy atom. The Morgan fingerprint density at radius 3 is 2.63 bits per heavy atom. The average Bonchev–Trinajstić information content (AvgIpc) is 2.47. The topological polar surface area (TPSA) is 6.48 Å². The number of rotatable bonds is 2. The molecule has 1 fully saturated rings. The van der Waals surface area contributed by atoms with Crippen molar-refractivity contribution in [3.05, 3.63) is 35.4 Å². The van der Waals surface area contributed by atoms with Gasteiger partial charge in [-0.2, -0.15) is 0 Å². The van der Waals surface area contributed by atoms with Crippen molar-refractivity contribution in [3.63, 3.8) is 0 Å². The summed E-state index contributed by atoms with van der Waals surface area (Å²) in [6, 6.07) is 10.5. The number of likely N-dealkylation sites (tertiary alicyclic amines) is 1. The summed E-state index contributed by atoms with van der Waals surface area (Å²) in [5.41, 5.74) is 3.17. The highest BCUT2D eigenvalue weighted by Crippen LogP contribution is 2.35. The van der Waals surface area contributed by atoms with Gasteiger partial charge in [-0.15, -0.1) is 0 Å². The highest BCUT2D eigenvalue weighted by atomic mass is 15.2. The van der Waals surface area contributed by atoms with Crippen LogP contribution in [0.3, 0.4) is 0 Å². The van der Waals surface area contributed by atoms with Crippen LogP contribution < -0.4 is 0 Å². The van der Waals surface area contributed by atoms with E-state index in [1.54, 1.807) is 11.1 Å². The molecule has 0 aromatic heterocycles. The van der Waals surface area contributed by atoms with Crippen LogP contribution >= 0.6 is 0 Å². The van der Waals surface area contributed by atoms with Crippen LogP contribution in [0, 0.1) is 0 Å². The van der Waals surface area contributed by atoms with Crippen molar-refractivity contribution in [2.24, 2.45) is 0 Å². The molecule has 1 aliphatic carbocycles. The number of piperidine rings is 1. The first-order valence-corrected chi connectivity index (χ1v) is 7.74. The molecule has 0 amide bonds. The first-order valence-electron chi connectivity index (χ1n) is 7.74. The maximum Gasteiger partial charge on any atom is 0.0350 e. The molecule has 1 atom stereocenters. The minimum Gasteiger partial charge on any atom is -0.306 e. The second-order valence-corrected chi connectivity index (χ2v) is 6.31. The minimum atomic E-state index is 0.651. The standard InChI is InChI=1S/C17H26N2/c1-18-12-10-15(11-13-18)19(2)17-9-5-7-14-6-3-4-8-16(14)17/h3-4,6,8,15,17H,5,7,9-13H2,1-2H3/t17-/m0/s1. The molecular formula is C17H26N2. The predicted molar refractivity (Wildman–Crippen MR) is 80.4 cm³/mol. The second-order valence-electron chi connectivity index (χ2n) is 6.31. The molecule has 2 aliphatic rings. The third-order valence-corrected chi connectivity index (χ3v) is 5.09. The maximum absolute atomic E-state index is 2.67. The third-order valence-electron chi connectivity index (χ3n) is 5.09. The van der Waals surface area contributed by atoms with E-state index in [4.69, 9.17) is 0 Å². The zero-order valence-electron chi connectivity index (χ0n) is 12.3. The van der Waals surface area contributed by atoms with Crippen LogP contribution in [0.25, 0.3) is 0 Å². The summed E-state index contributed by atoms with van der Waals surface area (Å²) >= 11 is 0. The van der Waals surface area contributed by atoms with Crippen molar-refractivity contribution in [1.29, 1.82) is 0 Å². The normalized spacial score (nSPS) is 25.5. The van der Waals surface area contributed by atoms with Gasteiger partial charge in [0.25, 0.3) is 0 Å². The van der Waals surface area contributed by atoms with Gasteiger partial charge >= 0.3 is 0 Å². The highest BCUT2D eigenvalue weighted by Gasteiger charge is 2.29. The SMILES string of the molecule is CN1CCC(N(C)[C@H]2CCCc3ccccc32)CC1. The number of hydrogen-bond donors (Lipinski definition) is 0. The number of fused-ring (bicyclic) bond motifs is 1. The van der Waals surface area contributed by atoms with Gasteiger partial charge in [-0.25, -0.2) is 0 Å². The fourth-order valence-corrected chi connectivity index (χ4v) is 3.81. The molecule has 0 saturated carbocycles. The molecule has 0 unspecified atom stereocenters. The van der Waals surface area contributed by atoms with E-state index >= 15 is 0 Å². The molecule has 1 aromatic rings. The summed E-state index contributed by atoms with van der Waals surface area (Å²) in [7, 11) is 4.59. The van der Waals surface area contributed by atoms with E-state index < -0.39 is 0 Å². The van der Waals surface area contributed by atoms with Gasteiger partial charge in [-0.1, -0.05) is 24.3 Å². The van der Waals surface area contributed by atoms with Gasteiger partial charge in [0.05, 0.1) is 0 Å². The molecule has 2 heteroatoms. The molecule has 19 heavy (non-hydrogen) atoms. The summed E-state index contributed by atoms with van der Waals surface area (Å²) in [6.07, 6.45) is 6.60. The number of aryl methyl sites for hydroxylation is 1. The average molecular weight is 258 g/mol. The van der Waals surface area contributed by atoms with E-state index in [9.17, 15) is 0 Å². The van der Waals surface area contributed by atoms with E-state index in [0.717, 1.165) is 6.04 Å². The summed E-state index contributed by atoms with van der Waals surface area (Å²) in [5.74, 6) is 0. The van der Waals surface area contributed by atoms with E-state index in [1.165, 1.54) is 45.2 Å². The Balaban J connectivity index is 1.75. The van der Waals surface area contributed by atoms with Crippen LogP contribution in [0.4, 0.5) is 0 Å². The van der Waals surface area contributed by atoms with Crippen molar-refractivity contribution in [2.75, 3.05) is 27.2 Å². The Bertz CT molecular complexity index is 421. The lowest BCUT2D eigenvalue weighted by molar-refractivity contribution is 0.0983. The predicted octanol–water partition coefficient (Wildman–Crippen LogP) is 3.09. The van der Waals surface area contributed by atoms with Crippen LogP contribution in [0.1, 0.15) is 42.9 Å². The Hall–Kier alpha value is -0.860. The van der Waals surface area contributed by atoms with E-state index in [-0.39, 0.29) is 0 Å². The van der Waals surface area contributed by atoms with Gasteiger partial charge in [-0.3, -0.25) is 4.90 Å². The minimum absolute atomic E-state index is 0.651. The lowest BCUT2D eigenvalue weighted by Crippen LogP contribution is -2.44. The highest BCUT2D eigenvalue weighted by molar-refractivity contribution is 5.32. The van der Waals surface area contributed by atoms with E-state index in [2.05, 4.69) is 48.2 Å². The lowest BCUT2D eigenvalue weighted by atomic mass is 9.85. The van der Waals surface area contributed by atoms with E-state index in [1.807, 2.05) is 0 Å². The second kappa shape index (κ2) is 5.64. The monoisotopic (exact) mass is 258 g/mol. The van der Waals surface area contributed by atoms with Crippen LogP contribution in [-0.4, -0.2) is 43.0 Å². The third kappa shape index (κ3) is 2.70. The largest absolute Gasteiger partial charge is 0.306 e. The Kier molecular flexibility index (Phi) is 3.90. The molecule has 1 aliphatic heterocycles. The molecular weight excluding hydrogens is 232 g/mol. The number of nitrogens with zero attached hydrogens (tertiary/aromatic N) is 2. The zero-order chi connectivity index (χ0) is 13.2. The van der Waals surface area contributed by atoms with E-state index in [0.29, 0.717) is 6.04 Å². The van der Waals surface area contributed by atoms with Crippen LogP contribution in [0.2, 0.25) is 0 Å². The van der Waals surface area contributed by atoms with Crippen molar-refractivity contribution in [1.82, 2.24) is 9.80 Å². The quantitative estimate of drug-likeness (QED) is 0.804. The first kappa shape index (κ1) is 13.1. The summed E-state index contributed by atoms with van der Waals surface area (Å²) in [5, 5.41) is 0. The number of hydrogen-bond acceptors (Lipinski definition) is 2. The van der Waals surface area contributed by atoms with Gasteiger partial charge in [0.2, 0.25) is 0 Å². The maximum atomic E-state index is 2.67. The van der Waals surface area contributed by atoms with Crippen molar-refractivity contribution in [2.45, 2.75) is 44.2 Å². The molecule has 1 heterocycles. The molecule has 1 aromatic carbocycles. The van der Waals surface area contributed by atoms with Gasteiger partial charge in [0, 0.05) is 12.1 Å². The fraction of sp³-hybridized carbons (Fsp3) is 0.647. The van der Waals surface area contributed by atoms with Gasteiger partial charge in [-0.05, 0) is 70.4 Å². The van der Waals surface area contributed by atoms with Crippen molar-refractivity contribution < 1.29 is 0 Å². The molecule has 1 saturated heterocycles. The molecule has 0 radical (unpaired) electrons. The zero-order valence-corrected chi connectivity index (χ0v) is 12.3. The number of benzene rings is 1. The Labute approximate surface area is 117 Å². The molecule has 104 valence electrons. The summed E-state index contributed by atoms with van der Waals surface area (Å²) in [6.45, 7) is 2.51. The molecule has 0 bridgehead atoms. The Morgan fingerprint density at radius 1 is 1.11 bits per heavy atom.